The Kier molecular flexibility index (Phi) is 4.95. The van der Waals surface area contributed by atoms with E-state index in [1.54, 1.807) is 28.6 Å². The highest BCUT2D eigenvalue weighted by atomic mass is 32.2. The number of amides is 2. The molecule has 1 atom stereocenters. The first-order chi connectivity index (χ1) is 16.6. The molecular weight excluding hydrogens is 448 g/mol. The average molecular weight is 469 g/mol. The number of aromatic nitrogens is 2. The van der Waals surface area contributed by atoms with Crippen LogP contribution in [0.25, 0.3) is 11.4 Å². The maximum atomic E-state index is 12.9. The van der Waals surface area contributed by atoms with Crippen LogP contribution in [0, 0.1) is 0 Å². The second-order valence-electron chi connectivity index (χ2n) is 8.34. The summed E-state index contributed by atoms with van der Waals surface area (Å²) in [6, 6.07) is 23.0. The van der Waals surface area contributed by atoms with Crippen LogP contribution >= 0.6 is 11.8 Å². The monoisotopic (exact) mass is 468 g/mol. The van der Waals surface area contributed by atoms with Gasteiger partial charge in [0.15, 0.2) is 0 Å². The second-order valence-corrected chi connectivity index (χ2v) is 9.43. The van der Waals surface area contributed by atoms with Crippen molar-refractivity contribution in [2.75, 3.05) is 23.4 Å². The van der Waals surface area contributed by atoms with Crippen LogP contribution in [0.1, 0.15) is 28.6 Å². The molecule has 0 saturated carbocycles. The van der Waals surface area contributed by atoms with Gasteiger partial charge in [0.05, 0.1) is 17.2 Å². The summed E-state index contributed by atoms with van der Waals surface area (Å²) in [5.41, 5.74) is 3.18. The number of carbonyl (C=O) groups excluding carboxylic acids is 2. The Balaban J connectivity index is 1.29. The molecule has 3 heterocycles. The molecule has 4 aromatic rings. The quantitative estimate of drug-likeness (QED) is 0.421. The molecule has 3 aromatic carbocycles. The van der Waals surface area contributed by atoms with Gasteiger partial charge in [-0.25, -0.2) is 0 Å². The summed E-state index contributed by atoms with van der Waals surface area (Å²) >= 11 is 1.55. The van der Waals surface area contributed by atoms with E-state index in [0.717, 1.165) is 26.7 Å². The molecule has 2 amide bonds. The van der Waals surface area contributed by atoms with E-state index < -0.39 is 0 Å². The van der Waals surface area contributed by atoms with Gasteiger partial charge in [-0.2, -0.15) is 4.98 Å². The Morgan fingerprint density at radius 3 is 2.62 bits per heavy atom. The van der Waals surface area contributed by atoms with Gasteiger partial charge in [-0.3, -0.25) is 9.59 Å². The van der Waals surface area contributed by atoms with Gasteiger partial charge in [-0.05, 0) is 42.5 Å². The highest BCUT2D eigenvalue weighted by molar-refractivity contribution is 7.99. The Hall–Kier alpha value is -3.91. The molecule has 0 spiro atoms. The van der Waals surface area contributed by atoms with Gasteiger partial charge >= 0.3 is 0 Å². The van der Waals surface area contributed by atoms with Gasteiger partial charge in [-0.1, -0.05) is 47.3 Å². The summed E-state index contributed by atoms with van der Waals surface area (Å²) in [7, 11) is 1.78. The SMILES string of the molecule is CN1C(=O)c2ccccc2Sc2cc(-c3noc(C4CC(=O)N(c5ccccc5)C4)n3)ccc21. The summed E-state index contributed by atoms with van der Waals surface area (Å²) in [6.07, 6.45) is 0.334. The summed E-state index contributed by atoms with van der Waals surface area (Å²) in [6.45, 7) is 0.508. The highest BCUT2D eigenvalue weighted by Gasteiger charge is 2.35. The van der Waals surface area contributed by atoms with Crippen LogP contribution in [-0.2, 0) is 4.79 Å². The van der Waals surface area contributed by atoms with Gasteiger partial charge in [0.1, 0.15) is 0 Å². The molecule has 1 unspecified atom stereocenters. The Labute approximate surface area is 200 Å². The minimum atomic E-state index is -0.153. The van der Waals surface area contributed by atoms with Gasteiger partial charge in [0.25, 0.3) is 5.91 Å². The van der Waals surface area contributed by atoms with E-state index in [9.17, 15) is 9.59 Å². The summed E-state index contributed by atoms with van der Waals surface area (Å²) in [5.74, 6) is 0.784. The normalized spacial score (nSPS) is 17.5. The topological polar surface area (TPSA) is 79.5 Å². The lowest BCUT2D eigenvalue weighted by atomic mass is 10.1. The molecule has 0 radical (unpaired) electrons. The molecule has 34 heavy (non-hydrogen) atoms. The number of anilines is 2. The summed E-state index contributed by atoms with van der Waals surface area (Å²) in [4.78, 5) is 35.4. The lowest BCUT2D eigenvalue weighted by molar-refractivity contribution is -0.117. The van der Waals surface area contributed by atoms with Crippen molar-refractivity contribution >= 4 is 35.0 Å². The standard InChI is InChI=1S/C26H20N4O3S/c1-29-20-12-11-16(13-22(20)34-21-10-6-5-9-19(21)26(29)32)24-27-25(33-28-24)17-14-23(31)30(15-17)18-7-3-2-4-8-18/h2-13,17H,14-15H2,1H3. The van der Waals surface area contributed by atoms with Crippen LogP contribution in [0.4, 0.5) is 11.4 Å². The van der Waals surface area contributed by atoms with Gasteiger partial charge in [-0.15, -0.1) is 0 Å². The molecule has 8 heteroatoms. The molecule has 0 aliphatic carbocycles. The number of fused-ring (bicyclic) bond motifs is 2. The van der Waals surface area contributed by atoms with Gasteiger partial charge in [0, 0.05) is 41.1 Å². The van der Waals surface area contributed by atoms with E-state index in [0.29, 0.717) is 30.2 Å². The Bertz CT molecular complexity index is 1420. The summed E-state index contributed by atoms with van der Waals surface area (Å²) < 4.78 is 5.59. The van der Waals surface area contributed by atoms with Crippen LogP contribution in [-0.4, -0.2) is 35.5 Å². The van der Waals surface area contributed by atoms with Crippen LogP contribution in [0.2, 0.25) is 0 Å². The van der Waals surface area contributed by atoms with Crippen LogP contribution in [0.3, 0.4) is 0 Å². The predicted molar refractivity (Wildman–Crippen MR) is 129 cm³/mol. The first kappa shape index (κ1) is 20.7. The zero-order valence-corrected chi connectivity index (χ0v) is 19.2. The minimum absolute atomic E-state index is 0.0367. The van der Waals surface area contributed by atoms with E-state index in [4.69, 9.17) is 4.52 Å². The average Bonchev–Trinajstić information content (AvgIpc) is 3.49. The molecular formula is C26H20N4O3S. The molecule has 1 saturated heterocycles. The first-order valence-electron chi connectivity index (χ1n) is 11.0. The number of para-hydroxylation sites is 1. The number of hydrogen-bond donors (Lipinski definition) is 0. The van der Waals surface area contributed by atoms with E-state index in [2.05, 4.69) is 10.1 Å². The zero-order valence-electron chi connectivity index (χ0n) is 18.3. The fraction of sp³-hybridized carbons (Fsp3) is 0.154. The Morgan fingerprint density at radius 1 is 0.971 bits per heavy atom. The smallest absolute Gasteiger partial charge is 0.259 e. The molecule has 0 bridgehead atoms. The van der Waals surface area contributed by atoms with Crippen LogP contribution in [0.15, 0.2) is 87.1 Å². The second kappa shape index (κ2) is 8.14. The molecule has 2 aliphatic heterocycles. The largest absolute Gasteiger partial charge is 0.339 e. The molecule has 7 nitrogen and oxygen atoms in total. The molecule has 6 rings (SSSR count). The number of carbonyl (C=O) groups is 2. The lowest BCUT2D eigenvalue weighted by Gasteiger charge is -2.17. The molecule has 1 fully saturated rings. The number of hydrogen-bond acceptors (Lipinski definition) is 6. The molecule has 0 N–H and O–H groups in total. The zero-order chi connectivity index (χ0) is 23.2. The van der Waals surface area contributed by atoms with Crippen molar-refractivity contribution in [1.29, 1.82) is 0 Å². The van der Waals surface area contributed by atoms with Gasteiger partial charge in [0.2, 0.25) is 17.6 Å². The third kappa shape index (κ3) is 3.47. The maximum Gasteiger partial charge on any atom is 0.259 e. The van der Waals surface area contributed by atoms with Crippen molar-refractivity contribution < 1.29 is 14.1 Å². The third-order valence-electron chi connectivity index (χ3n) is 6.21. The van der Waals surface area contributed by atoms with E-state index in [1.165, 1.54) is 0 Å². The fourth-order valence-corrected chi connectivity index (χ4v) is 5.55. The predicted octanol–water partition coefficient (Wildman–Crippen LogP) is 5.00. The van der Waals surface area contributed by atoms with Crippen molar-refractivity contribution in [3.8, 4) is 11.4 Å². The van der Waals surface area contributed by atoms with Crippen molar-refractivity contribution in [2.24, 2.45) is 0 Å². The van der Waals surface area contributed by atoms with E-state index in [-0.39, 0.29) is 17.7 Å². The first-order valence-corrected chi connectivity index (χ1v) is 11.8. The van der Waals surface area contributed by atoms with Crippen molar-refractivity contribution in [3.63, 3.8) is 0 Å². The van der Waals surface area contributed by atoms with Crippen molar-refractivity contribution in [3.05, 3.63) is 84.3 Å². The molecule has 2 aliphatic rings. The van der Waals surface area contributed by atoms with Crippen molar-refractivity contribution in [2.45, 2.75) is 22.1 Å². The molecule has 1 aromatic heterocycles. The lowest BCUT2D eigenvalue weighted by Crippen LogP contribution is -2.25. The van der Waals surface area contributed by atoms with Crippen LogP contribution < -0.4 is 9.80 Å². The number of benzene rings is 3. The van der Waals surface area contributed by atoms with E-state index >= 15 is 0 Å². The number of nitrogens with zero attached hydrogens (tertiary/aromatic N) is 4. The third-order valence-corrected chi connectivity index (χ3v) is 7.33. The Morgan fingerprint density at radius 2 is 1.76 bits per heavy atom. The van der Waals surface area contributed by atoms with Crippen LogP contribution in [0.5, 0.6) is 0 Å². The molecule has 168 valence electrons. The number of rotatable bonds is 3. The van der Waals surface area contributed by atoms with Crippen molar-refractivity contribution in [1.82, 2.24) is 10.1 Å². The summed E-state index contributed by atoms with van der Waals surface area (Å²) in [5, 5.41) is 4.20. The fourth-order valence-electron chi connectivity index (χ4n) is 4.40. The highest BCUT2D eigenvalue weighted by Crippen LogP contribution is 2.42. The maximum absolute atomic E-state index is 12.9. The van der Waals surface area contributed by atoms with E-state index in [1.807, 2.05) is 72.8 Å². The van der Waals surface area contributed by atoms with Gasteiger partial charge < -0.3 is 14.3 Å². The minimum Gasteiger partial charge on any atom is -0.339 e.